The van der Waals surface area contributed by atoms with Crippen molar-refractivity contribution in [2.24, 2.45) is 5.92 Å². The predicted molar refractivity (Wildman–Crippen MR) is 59.9 cm³/mol. The van der Waals surface area contributed by atoms with E-state index in [1.807, 2.05) is 0 Å². The molecule has 1 nitrogen and oxygen atoms in total. The fourth-order valence-electron chi connectivity index (χ4n) is 1.58. The minimum atomic E-state index is -0.203. The van der Waals surface area contributed by atoms with E-state index in [-0.39, 0.29) is 5.82 Å². The van der Waals surface area contributed by atoms with Crippen molar-refractivity contribution in [2.75, 3.05) is 11.9 Å². The van der Waals surface area contributed by atoms with Crippen LogP contribution in [0, 0.1) is 11.7 Å². The molecule has 1 N–H and O–H groups in total. The topological polar surface area (TPSA) is 12.0 Å². The first-order valence-corrected chi connectivity index (χ1v) is 5.74. The zero-order chi connectivity index (χ0) is 9.97. The Labute approximate surface area is 91.8 Å². The second-order valence-electron chi connectivity index (χ2n) is 3.80. The molecule has 1 fully saturated rings. The van der Waals surface area contributed by atoms with Crippen molar-refractivity contribution >= 4 is 21.6 Å². The van der Waals surface area contributed by atoms with E-state index in [4.69, 9.17) is 0 Å². The van der Waals surface area contributed by atoms with Gasteiger partial charge in [0.1, 0.15) is 5.82 Å². The molecule has 0 amide bonds. The number of hydrogen-bond donors (Lipinski definition) is 1. The van der Waals surface area contributed by atoms with Crippen LogP contribution in [0.5, 0.6) is 0 Å². The summed E-state index contributed by atoms with van der Waals surface area (Å²) in [5.41, 5.74) is 0.985. The molecule has 76 valence electrons. The van der Waals surface area contributed by atoms with Crippen molar-refractivity contribution in [1.82, 2.24) is 0 Å². The van der Waals surface area contributed by atoms with Gasteiger partial charge in [0.15, 0.2) is 0 Å². The number of nitrogens with one attached hydrogen (secondary N) is 1. The fraction of sp³-hybridized carbons (Fsp3) is 0.455. The maximum Gasteiger partial charge on any atom is 0.124 e. The van der Waals surface area contributed by atoms with Crippen LogP contribution in [0.2, 0.25) is 0 Å². The number of benzene rings is 1. The summed E-state index contributed by atoms with van der Waals surface area (Å²) in [4.78, 5) is 0. The molecular weight excluding hydrogens is 245 g/mol. The monoisotopic (exact) mass is 257 g/mol. The van der Waals surface area contributed by atoms with Crippen LogP contribution in [0.1, 0.15) is 19.3 Å². The Balaban J connectivity index is 1.94. The Morgan fingerprint density at radius 2 is 2.21 bits per heavy atom. The van der Waals surface area contributed by atoms with E-state index in [2.05, 4.69) is 21.2 Å². The highest BCUT2D eigenvalue weighted by atomic mass is 79.9. The second-order valence-corrected chi connectivity index (χ2v) is 4.66. The molecule has 3 heteroatoms. The first-order valence-electron chi connectivity index (χ1n) is 4.94. The van der Waals surface area contributed by atoms with Gasteiger partial charge in [0.25, 0.3) is 0 Å². The quantitative estimate of drug-likeness (QED) is 0.869. The van der Waals surface area contributed by atoms with Gasteiger partial charge in [0, 0.05) is 16.7 Å². The lowest BCUT2D eigenvalue weighted by molar-refractivity contribution is 0.333. The molecule has 0 heterocycles. The van der Waals surface area contributed by atoms with Crippen molar-refractivity contribution in [2.45, 2.75) is 19.3 Å². The second kappa shape index (κ2) is 4.30. The Bertz CT molecular complexity index is 323. The van der Waals surface area contributed by atoms with Crippen molar-refractivity contribution in [3.05, 3.63) is 28.5 Å². The lowest BCUT2D eigenvalue weighted by atomic mass is 9.85. The zero-order valence-corrected chi connectivity index (χ0v) is 9.48. The van der Waals surface area contributed by atoms with E-state index < -0.39 is 0 Å². The first kappa shape index (κ1) is 9.97. The minimum Gasteiger partial charge on any atom is -0.384 e. The van der Waals surface area contributed by atoms with Gasteiger partial charge >= 0.3 is 0 Å². The van der Waals surface area contributed by atoms with Crippen LogP contribution in [0.4, 0.5) is 10.1 Å². The Morgan fingerprint density at radius 3 is 2.79 bits per heavy atom. The summed E-state index contributed by atoms with van der Waals surface area (Å²) in [6.45, 7) is 1.00. The summed E-state index contributed by atoms with van der Waals surface area (Å²) in [5.74, 6) is 0.609. The van der Waals surface area contributed by atoms with Gasteiger partial charge in [0.2, 0.25) is 0 Å². The Morgan fingerprint density at radius 1 is 1.43 bits per heavy atom. The van der Waals surface area contributed by atoms with Crippen LogP contribution in [0.25, 0.3) is 0 Å². The van der Waals surface area contributed by atoms with Gasteiger partial charge in [-0.15, -0.1) is 0 Å². The normalized spacial score (nSPS) is 16.4. The molecule has 1 aromatic rings. The lowest BCUT2D eigenvalue weighted by Gasteiger charge is -2.26. The summed E-state index contributed by atoms with van der Waals surface area (Å²) < 4.78 is 13.6. The van der Waals surface area contributed by atoms with E-state index in [1.54, 1.807) is 6.07 Å². The van der Waals surface area contributed by atoms with E-state index in [0.29, 0.717) is 0 Å². The molecule has 2 rings (SSSR count). The molecule has 1 aromatic carbocycles. The van der Waals surface area contributed by atoms with E-state index in [9.17, 15) is 4.39 Å². The average molecular weight is 258 g/mol. The van der Waals surface area contributed by atoms with Gasteiger partial charge in [0.05, 0.1) is 0 Å². The molecular formula is C11H13BrFN. The van der Waals surface area contributed by atoms with E-state index >= 15 is 0 Å². The molecule has 1 saturated carbocycles. The highest BCUT2D eigenvalue weighted by Gasteiger charge is 2.16. The molecule has 0 atom stereocenters. The molecule has 1 aliphatic carbocycles. The summed E-state index contributed by atoms with van der Waals surface area (Å²) in [6.07, 6.45) is 4.01. The molecule has 0 unspecified atom stereocenters. The van der Waals surface area contributed by atoms with E-state index in [1.165, 1.54) is 31.4 Å². The lowest BCUT2D eigenvalue weighted by Crippen LogP contribution is -2.20. The largest absolute Gasteiger partial charge is 0.384 e. The van der Waals surface area contributed by atoms with Crippen LogP contribution in [0.3, 0.4) is 0 Å². The predicted octanol–water partition coefficient (Wildman–Crippen LogP) is 3.80. The maximum absolute atomic E-state index is 12.8. The molecule has 0 bridgehead atoms. The third kappa shape index (κ3) is 2.27. The fourth-order valence-corrected chi connectivity index (χ4v) is 2.08. The maximum atomic E-state index is 12.8. The van der Waals surface area contributed by atoms with Gasteiger partial charge in [-0.1, -0.05) is 6.42 Å². The molecule has 0 spiro atoms. The summed E-state index contributed by atoms with van der Waals surface area (Å²) in [6, 6.07) is 4.75. The standard InChI is InChI=1S/C11H13BrFN/c12-10-6-9(13)4-5-11(10)14-7-8-2-1-3-8/h4-6,8,14H,1-3,7H2. The van der Waals surface area contributed by atoms with Crippen molar-refractivity contribution in [3.63, 3.8) is 0 Å². The number of rotatable bonds is 3. The van der Waals surface area contributed by atoms with Gasteiger partial charge in [-0.3, -0.25) is 0 Å². The average Bonchev–Trinajstić information content (AvgIpc) is 2.05. The zero-order valence-electron chi connectivity index (χ0n) is 7.89. The summed E-state index contributed by atoms with van der Waals surface area (Å²) in [5, 5.41) is 3.33. The van der Waals surface area contributed by atoms with Gasteiger partial charge in [-0.2, -0.15) is 0 Å². The van der Waals surface area contributed by atoms with Gasteiger partial charge in [-0.25, -0.2) is 4.39 Å². The highest BCUT2D eigenvalue weighted by Crippen LogP contribution is 2.28. The number of halogens is 2. The minimum absolute atomic E-state index is 0.203. The van der Waals surface area contributed by atoms with Gasteiger partial charge in [-0.05, 0) is 52.9 Å². The molecule has 0 aromatic heterocycles. The Hall–Kier alpha value is -0.570. The third-order valence-electron chi connectivity index (χ3n) is 2.74. The van der Waals surface area contributed by atoms with Crippen LogP contribution in [-0.2, 0) is 0 Å². The number of hydrogen-bond acceptors (Lipinski definition) is 1. The van der Waals surface area contributed by atoms with Crippen molar-refractivity contribution in [3.8, 4) is 0 Å². The smallest absolute Gasteiger partial charge is 0.124 e. The molecule has 0 aliphatic heterocycles. The number of anilines is 1. The van der Waals surface area contributed by atoms with Crippen LogP contribution in [0.15, 0.2) is 22.7 Å². The van der Waals surface area contributed by atoms with E-state index in [0.717, 1.165) is 22.6 Å². The van der Waals surface area contributed by atoms with Gasteiger partial charge < -0.3 is 5.32 Å². The van der Waals surface area contributed by atoms with Crippen LogP contribution < -0.4 is 5.32 Å². The highest BCUT2D eigenvalue weighted by molar-refractivity contribution is 9.10. The first-order chi connectivity index (χ1) is 6.75. The SMILES string of the molecule is Fc1ccc(NCC2CCC2)c(Br)c1. The Kier molecular flexibility index (Phi) is 3.06. The molecule has 0 radical (unpaired) electrons. The van der Waals surface area contributed by atoms with Crippen LogP contribution >= 0.6 is 15.9 Å². The van der Waals surface area contributed by atoms with Crippen molar-refractivity contribution in [1.29, 1.82) is 0 Å². The molecule has 1 aliphatic rings. The summed E-state index contributed by atoms with van der Waals surface area (Å²) in [7, 11) is 0. The summed E-state index contributed by atoms with van der Waals surface area (Å²) >= 11 is 3.33. The molecule has 14 heavy (non-hydrogen) atoms. The third-order valence-corrected chi connectivity index (χ3v) is 3.39. The molecule has 0 saturated heterocycles. The van der Waals surface area contributed by atoms with Crippen molar-refractivity contribution < 1.29 is 4.39 Å². The van der Waals surface area contributed by atoms with Crippen LogP contribution in [-0.4, -0.2) is 6.54 Å².